The standard InChI is InChI=1S/C13H22N2O2/c1-5-13(6-2)12(17)15(8-7-10(3)4)9-11(16)14-13/h7H,5-6,8-9H2,1-4H3,(H,14,16). The van der Waals surface area contributed by atoms with Crippen molar-refractivity contribution in [1.29, 1.82) is 0 Å². The first-order valence-electron chi connectivity index (χ1n) is 6.19. The van der Waals surface area contributed by atoms with Crippen LogP contribution in [0.4, 0.5) is 0 Å². The highest BCUT2D eigenvalue weighted by atomic mass is 16.2. The zero-order valence-electron chi connectivity index (χ0n) is 11.2. The van der Waals surface area contributed by atoms with Gasteiger partial charge in [-0.25, -0.2) is 0 Å². The second kappa shape index (κ2) is 5.34. The smallest absolute Gasteiger partial charge is 0.249 e. The molecule has 0 aromatic carbocycles. The molecule has 2 amide bonds. The van der Waals surface area contributed by atoms with Gasteiger partial charge in [-0.15, -0.1) is 0 Å². The number of carbonyl (C=O) groups excluding carboxylic acids is 2. The van der Waals surface area contributed by atoms with E-state index in [1.807, 2.05) is 33.8 Å². The molecule has 0 atom stereocenters. The van der Waals surface area contributed by atoms with Crippen molar-refractivity contribution in [1.82, 2.24) is 10.2 Å². The van der Waals surface area contributed by atoms with Crippen LogP contribution in [0.15, 0.2) is 11.6 Å². The maximum absolute atomic E-state index is 12.3. The van der Waals surface area contributed by atoms with Crippen molar-refractivity contribution in [3.63, 3.8) is 0 Å². The molecule has 1 rings (SSSR count). The average molecular weight is 238 g/mol. The molecule has 0 aromatic rings. The molecule has 0 bridgehead atoms. The number of nitrogens with one attached hydrogen (secondary N) is 1. The van der Waals surface area contributed by atoms with Gasteiger partial charge in [0.05, 0.1) is 6.54 Å². The third-order valence-electron chi connectivity index (χ3n) is 3.34. The third kappa shape index (κ3) is 2.87. The molecule has 0 aromatic heterocycles. The number of hydrogen-bond acceptors (Lipinski definition) is 2. The highest BCUT2D eigenvalue weighted by Gasteiger charge is 2.43. The van der Waals surface area contributed by atoms with E-state index in [2.05, 4.69) is 5.32 Å². The molecular formula is C13H22N2O2. The molecule has 4 nitrogen and oxygen atoms in total. The first-order chi connectivity index (χ1) is 7.95. The Labute approximate surface area is 103 Å². The Kier molecular flexibility index (Phi) is 4.32. The predicted octanol–water partition coefficient (Wildman–Crippen LogP) is 1.47. The van der Waals surface area contributed by atoms with Crippen molar-refractivity contribution in [3.05, 3.63) is 11.6 Å². The minimum Gasteiger partial charge on any atom is -0.340 e. The van der Waals surface area contributed by atoms with Crippen molar-refractivity contribution >= 4 is 11.8 Å². The van der Waals surface area contributed by atoms with Crippen LogP contribution in [0.1, 0.15) is 40.5 Å². The van der Waals surface area contributed by atoms with E-state index >= 15 is 0 Å². The molecule has 1 aliphatic rings. The van der Waals surface area contributed by atoms with E-state index in [0.717, 1.165) is 5.57 Å². The summed E-state index contributed by atoms with van der Waals surface area (Å²) in [5, 5.41) is 2.85. The Morgan fingerprint density at radius 3 is 2.41 bits per heavy atom. The van der Waals surface area contributed by atoms with Crippen molar-refractivity contribution in [2.45, 2.75) is 46.1 Å². The SMILES string of the molecule is CCC1(CC)NC(=O)CN(CC=C(C)C)C1=O. The van der Waals surface area contributed by atoms with Gasteiger partial charge in [0.25, 0.3) is 0 Å². The Balaban J connectivity index is 2.89. The Morgan fingerprint density at radius 1 is 1.35 bits per heavy atom. The van der Waals surface area contributed by atoms with Crippen LogP contribution in [0.2, 0.25) is 0 Å². The normalized spacial score (nSPS) is 18.9. The topological polar surface area (TPSA) is 49.4 Å². The lowest BCUT2D eigenvalue weighted by atomic mass is 9.89. The Hall–Kier alpha value is -1.32. The fourth-order valence-electron chi connectivity index (χ4n) is 2.08. The van der Waals surface area contributed by atoms with Crippen LogP contribution in [0.5, 0.6) is 0 Å². The maximum Gasteiger partial charge on any atom is 0.249 e. The zero-order valence-corrected chi connectivity index (χ0v) is 11.2. The van der Waals surface area contributed by atoms with Gasteiger partial charge in [-0.05, 0) is 26.7 Å². The molecule has 0 aliphatic carbocycles. The van der Waals surface area contributed by atoms with Gasteiger partial charge in [0.2, 0.25) is 11.8 Å². The third-order valence-corrected chi connectivity index (χ3v) is 3.34. The molecule has 0 radical (unpaired) electrons. The van der Waals surface area contributed by atoms with E-state index in [1.165, 1.54) is 0 Å². The predicted molar refractivity (Wildman–Crippen MR) is 67.5 cm³/mol. The van der Waals surface area contributed by atoms with E-state index in [0.29, 0.717) is 19.4 Å². The summed E-state index contributed by atoms with van der Waals surface area (Å²) in [5.41, 5.74) is 0.465. The molecule has 0 spiro atoms. The molecule has 96 valence electrons. The lowest BCUT2D eigenvalue weighted by Crippen LogP contribution is -2.66. The van der Waals surface area contributed by atoms with Crippen LogP contribution in [0, 0.1) is 0 Å². The van der Waals surface area contributed by atoms with Gasteiger partial charge in [0, 0.05) is 6.54 Å². The fourth-order valence-corrected chi connectivity index (χ4v) is 2.08. The first-order valence-corrected chi connectivity index (χ1v) is 6.19. The Bertz CT molecular complexity index is 339. The summed E-state index contributed by atoms with van der Waals surface area (Å²) in [5.74, 6) is -0.0185. The molecule has 0 unspecified atom stereocenters. The van der Waals surface area contributed by atoms with Crippen molar-refractivity contribution in [2.75, 3.05) is 13.1 Å². The van der Waals surface area contributed by atoms with E-state index in [-0.39, 0.29) is 18.4 Å². The van der Waals surface area contributed by atoms with E-state index in [4.69, 9.17) is 0 Å². The van der Waals surface area contributed by atoms with Gasteiger partial charge in [-0.3, -0.25) is 9.59 Å². The summed E-state index contributed by atoms with van der Waals surface area (Å²) in [6.45, 7) is 8.54. The number of amides is 2. The maximum atomic E-state index is 12.3. The lowest BCUT2D eigenvalue weighted by molar-refractivity contribution is -0.149. The molecule has 1 N–H and O–H groups in total. The number of allylic oxidation sites excluding steroid dienone is 1. The number of nitrogens with zero attached hydrogens (tertiary/aromatic N) is 1. The fraction of sp³-hybridized carbons (Fsp3) is 0.692. The van der Waals surface area contributed by atoms with E-state index in [1.54, 1.807) is 4.90 Å². The summed E-state index contributed by atoms with van der Waals surface area (Å²) in [6, 6.07) is 0. The van der Waals surface area contributed by atoms with Crippen LogP contribution >= 0.6 is 0 Å². The van der Waals surface area contributed by atoms with E-state index < -0.39 is 5.54 Å². The van der Waals surface area contributed by atoms with Crippen LogP contribution in [-0.4, -0.2) is 35.3 Å². The molecule has 1 heterocycles. The van der Waals surface area contributed by atoms with E-state index in [9.17, 15) is 9.59 Å². The molecule has 17 heavy (non-hydrogen) atoms. The molecule has 1 aliphatic heterocycles. The van der Waals surface area contributed by atoms with Gasteiger partial charge in [0.1, 0.15) is 5.54 Å². The van der Waals surface area contributed by atoms with Crippen molar-refractivity contribution in [2.24, 2.45) is 0 Å². The van der Waals surface area contributed by atoms with Crippen LogP contribution < -0.4 is 5.32 Å². The van der Waals surface area contributed by atoms with Gasteiger partial charge < -0.3 is 10.2 Å². The largest absolute Gasteiger partial charge is 0.340 e. The van der Waals surface area contributed by atoms with Crippen LogP contribution in [0.25, 0.3) is 0 Å². The van der Waals surface area contributed by atoms with Crippen LogP contribution in [-0.2, 0) is 9.59 Å². The summed E-state index contributed by atoms with van der Waals surface area (Å²) in [4.78, 5) is 25.7. The highest BCUT2D eigenvalue weighted by Crippen LogP contribution is 2.22. The van der Waals surface area contributed by atoms with Gasteiger partial charge in [-0.2, -0.15) is 0 Å². The molecule has 4 heteroatoms. The zero-order chi connectivity index (χ0) is 13.1. The quantitative estimate of drug-likeness (QED) is 0.754. The number of rotatable bonds is 4. The first kappa shape index (κ1) is 13.7. The number of carbonyl (C=O) groups is 2. The average Bonchev–Trinajstić information content (AvgIpc) is 2.29. The molecular weight excluding hydrogens is 216 g/mol. The summed E-state index contributed by atoms with van der Waals surface area (Å²) < 4.78 is 0. The minimum atomic E-state index is -0.690. The summed E-state index contributed by atoms with van der Waals surface area (Å²) in [7, 11) is 0. The highest BCUT2D eigenvalue weighted by molar-refractivity contribution is 5.98. The lowest BCUT2D eigenvalue weighted by Gasteiger charge is -2.40. The van der Waals surface area contributed by atoms with Gasteiger partial charge >= 0.3 is 0 Å². The summed E-state index contributed by atoms with van der Waals surface area (Å²) >= 11 is 0. The number of hydrogen-bond donors (Lipinski definition) is 1. The monoisotopic (exact) mass is 238 g/mol. The molecule has 1 saturated heterocycles. The van der Waals surface area contributed by atoms with Gasteiger partial charge in [0.15, 0.2) is 0 Å². The van der Waals surface area contributed by atoms with Crippen LogP contribution in [0.3, 0.4) is 0 Å². The molecule has 0 saturated carbocycles. The van der Waals surface area contributed by atoms with Gasteiger partial charge in [-0.1, -0.05) is 25.5 Å². The minimum absolute atomic E-state index is 0.0413. The second-order valence-electron chi connectivity index (χ2n) is 4.80. The second-order valence-corrected chi connectivity index (χ2v) is 4.80. The van der Waals surface area contributed by atoms with Crippen molar-refractivity contribution < 1.29 is 9.59 Å². The number of piperazine rings is 1. The van der Waals surface area contributed by atoms with Crippen molar-refractivity contribution in [3.8, 4) is 0 Å². The Morgan fingerprint density at radius 2 is 1.94 bits per heavy atom. The summed E-state index contributed by atoms with van der Waals surface area (Å²) in [6.07, 6.45) is 3.26. The molecule has 1 fully saturated rings.